The second kappa shape index (κ2) is 6.13. The van der Waals surface area contributed by atoms with Crippen molar-refractivity contribution in [2.24, 2.45) is 5.92 Å². The number of rotatable bonds is 4. The van der Waals surface area contributed by atoms with Crippen molar-refractivity contribution < 1.29 is 4.79 Å². The molecular weight excluding hydrogens is 248 g/mol. The third-order valence-corrected chi connectivity index (χ3v) is 4.06. The number of carbonyl (C=O) groups excluding carboxylic acids is 1. The molecule has 1 aliphatic heterocycles. The zero-order valence-electron chi connectivity index (χ0n) is 11.0. The lowest BCUT2D eigenvalue weighted by Gasteiger charge is -2.19. The lowest BCUT2D eigenvalue weighted by Crippen LogP contribution is -2.30. The van der Waals surface area contributed by atoms with Crippen molar-refractivity contribution in [2.75, 3.05) is 18.4 Å². The maximum Gasteiger partial charge on any atom is 0.222 e. The number of carbonyl (C=O) groups is 1. The number of nitrogens with one attached hydrogen (secondary N) is 1. The van der Waals surface area contributed by atoms with Crippen LogP contribution >= 0.6 is 11.5 Å². The fraction of sp³-hybridized carbons (Fsp3) is 0.750. The first kappa shape index (κ1) is 13.3. The third-order valence-electron chi connectivity index (χ3n) is 3.33. The Morgan fingerprint density at radius 3 is 3.11 bits per heavy atom. The average Bonchev–Trinajstić information content (AvgIpc) is 2.72. The van der Waals surface area contributed by atoms with Crippen LogP contribution in [0.25, 0.3) is 0 Å². The second-order valence-corrected chi connectivity index (χ2v) is 5.58. The summed E-state index contributed by atoms with van der Waals surface area (Å²) in [5.41, 5.74) is 0.893. The quantitative estimate of drug-likeness (QED) is 0.908. The van der Waals surface area contributed by atoms with Gasteiger partial charge >= 0.3 is 0 Å². The van der Waals surface area contributed by atoms with Gasteiger partial charge in [-0.05, 0) is 25.7 Å². The highest BCUT2D eigenvalue weighted by molar-refractivity contribution is 7.10. The zero-order valence-corrected chi connectivity index (χ0v) is 11.8. The molecule has 1 saturated heterocycles. The Labute approximate surface area is 112 Å². The van der Waals surface area contributed by atoms with E-state index < -0.39 is 0 Å². The highest BCUT2D eigenvalue weighted by atomic mass is 32.1. The molecule has 1 atom stereocenters. The largest absolute Gasteiger partial charge is 0.374 e. The molecule has 6 heteroatoms. The Morgan fingerprint density at radius 2 is 2.33 bits per heavy atom. The molecule has 0 bridgehead atoms. The standard InChI is InChI=1S/C12H20N4OS/c1-3-13-12-10(14-15-18-12)8-16-7-6-9(2)4-5-11(16)17/h9,13H,3-8H2,1-2H3. The summed E-state index contributed by atoms with van der Waals surface area (Å²) in [6.07, 6.45) is 2.75. The van der Waals surface area contributed by atoms with E-state index >= 15 is 0 Å². The molecule has 0 spiro atoms. The molecule has 2 heterocycles. The van der Waals surface area contributed by atoms with Gasteiger partial charge in [0.2, 0.25) is 5.91 Å². The Bertz CT molecular complexity index is 407. The van der Waals surface area contributed by atoms with Crippen molar-refractivity contribution in [3.8, 4) is 0 Å². The number of nitrogens with zero attached hydrogens (tertiary/aromatic N) is 3. The lowest BCUT2D eigenvalue weighted by molar-refractivity contribution is -0.131. The molecule has 100 valence electrons. The third kappa shape index (κ3) is 3.19. The summed E-state index contributed by atoms with van der Waals surface area (Å²) in [4.78, 5) is 13.9. The highest BCUT2D eigenvalue weighted by Gasteiger charge is 2.22. The number of hydrogen-bond acceptors (Lipinski definition) is 5. The van der Waals surface area contributed by atoms with Crippen LogP contribution in [0.15, 0.2) is 0 Å². The summed E-state index contributed by atoms with van der Waals surface area (Å²) >= 11 is 1.36. The Morgan fingerprint density at radius 1 is 1.50 bits per heavy atom. The van der Waals surface area contributed by atoms with Crippen LogP contribution in [-0.2, 0) is 11.3 Å². The molecule has 5 nitrogen and oxygen atoms in total. The van der Waals surface area contributed by atoms with Gasteiger partial charge in [0.1, 0.15) is 10.7 Å². The summed E-state index contributed by atoms with van der Waals surface area (Å²) in [6.45, 7) is 6.53. The molecule has 1 amide bonds. The lowest BCUT2D eigenvalue weighted by atomic mass is 10.0. The van der Waals surface area contributed by atoms with E-state index in [1.165, 1.54) is 11.5 Å². The normalized spacial score (nSPS) is 20.9. The maximum absolute atomic E-state index is 12.0. The van der Waals surface area contributed by atoms with Crippen LogP contribution in [0.4, 0.5) is 5.00 Å². The molecule has 0 radical (unpaired) electrons. The van der Waals surface area contributed by atoms with Crippen molar-refractivity contribution in [2.45, 2.75) is 39.7 Å². The van der Waals surface area contributed by atoms with Gasteiger partial charge in [-0.1, -0.05) is 11.4 Å². The van der Waals surface area contributed by atoms with Crippen LogP contribution in [0, 0.1) is 5.92 Å². The van der Waals surface area contributed by atoms with Gasteiger partial charge < -0.3 is 10.2 Å². The first-order valence-corrected chi connectivity index (χ1v) is 7.31. The summed E-state index contributed by atoms with van der Waals surface area (Å²) in [5, 5.41) is 8.35. The van der Waals surface area contributed by atoms with Gasteiger partial charge in [0, 0.05) is 31.0 Å². The molecular formula is C12H20N4OS. The Kier molecular flexibility index (Phi) is 4.52. The van der Waals surface area contributed by atoms with E-state index in [4.69, 9.17) is 0 Å². The summed E-state index contributed by atoms with van der Waals surface area (Å²) < 4.78 is 3.96. The molecule has 1 aromatic heterocycles. The second-order valence-electron chi connectivity index (χ2n) is 4.83. The first-order chi connectivity index (χ1) is 8.70. The van der Waals surface area contributed by atoms with Crippen LogP contribution in [0.1, 0.15) is 38.8 Å². The Hall–Kier alpha value is -1.17. The number of amides is 1. The van der Waals surface area contributed by atoms with E-state index in [1.807, 2.05) is 11.8 Å². The van der Waals surface area contributed by atoms with Crippen molar-refractivity contribution in [1.29, 1.82) is 0 Å². The van der Waals surface area contributed by atoms with Crippen molar-refractivity contribution >= 4 is 22.4 Å². The van der Waals surface area contributed by atoms with Crippen molar-refractivity contribution in [3.63, 3.8) is 0 Å². The number of anilines is 1. The Balaban J connectivity index is 2.02. The van der Waals surface area contributed by atoms with Gasteiger partial charge in [-0.2, -0.15) is 0 Å². The first-order valence-electron chi connectivity index (χ1n) is 6.53. The monoisotopic (exact) mass is 268 g/mol. The molecule has 2 rings (SSSR count). The van der Waals surface area contributed by atoms with Gasteiger partial charge in [0.15, 0.2) is 0 Å². The minimum atomic E-state index is 0.245. The molecule has 1 unspecified atom stereocenters. The van der Waals surface area contributed by atoms with E-state index in [-0.39, 0.29) is 5.91 Å². The number of likely N-dealkylation sites (tertiary alicyclic amines) is 1. The average molecular weight is 268 g/mol. The predicted octanol–water partition coefficient (Wildman–Crippen LogP) is 2.12. The number of hydrogen-bond donors (Lipinski definition) is 1. The van der Waals surface area contributed by atoms with Crippen LogP contribution in [-0.4, -0.2) is 33.5 Å². The summed E-state index contributed by atoms with van der Waals surface area (Å²) in [7, 11) is 0. The van der Waals surface area contributed by atoms with Crippen LogP contribution < -0.4 is 5.32 Å². The van der Waals surface area contributed by atoms with Gasteiger partial charge in [-0.3, -0.25) is 4.79 Å². The van der Waals surface area contributed by atoms with E-state index in [2.05, 4.69) is 21.8 Å². The molecule has 1 aliphatic rings. The van der Waals surface area contributed by atoms with Gasteiger partial charge in [-0.25, -0.2) is 0 Å². The van der Waals surface area contributed by atoms with Gasteiger partial charge in [-0.15, -0.1) is 5.10 Å². The number of aromatic nitrogens is 2. The molecule has 1 aromatic rings. The van der Waals surface area contributed by atoms with E-state index in [0.29, 0.717) is 18.9 Å². The zero-order chi connectivity index (χ0) is 13.0. The van der Waals surface area contributed by atoms with Gasteiger partial charge in [0.25, 0.3) is 0 Å². The van der Waals surface area contributed by atoms with E-state index in [0.717, 1.165) is 36.6 Å². The van der Waals surface area contributed by atoms with Gasteiger partial charge in [0.05, 0.1) is 6.54 Å². The molecule has 0 saturated carbocycles. The van der Waals surface area contributed by atoms with Crippen molar-refractivity contribution in [3.05, 3.63) is 5.69 Å². The molecule has 0 aromatic carbocycles. The molecule has 18 heavy (non-hydrogen) atoms. The molecule has 1 N–H and O–H groups in total. The van der Waals surface area contributed by atoms with E-state index in [9.17, 15) is 4.79 Å². The van der Waals surface area contributed by atoms with Crippen molar-refractivity contribution in [1.82, 2.24) is 14.5 Å². The fourth-order valence-electron chi connectivity index (χ4n) is 2.13. The van der Waals surface area contributed by atoms with E-state index in [1.54, 1.807) is 0 Å². The maximum atomic E-state index is 12.0. The predicted molar refractivity (Wildman–Crippen MR) is 72.5 cm³/mol. The van der Waals surface area contributed by atoms with Crippen LogP contribution in [0.5, 0.6) is 0 Å². The minimum absolute atomic E-state index is 0.245. The summed E-state index contributed by atoms with van der Waals surface area (Å²) in [6, 6.07) is 0. The van der Waals surface area contributed by atoms with Crippen LogP contribution in [0.3, 0.4) is 0 Å². The summed E-state index contributed by atoms with van der Waals surface area (Å²) in [5.74, 6) is 0.885. The highest BCUT2D eigenvalue weighted by Crippen LogP contribution is 2.23. The fourth-order valence-corrected chi connectivity index (χ4v) is 2.77. The smallest absolute Gasteiger partial charge is 0.222 e. The van der Waals surface area contributed by atoms with Crippen LogP contribution in [0.2, 0.25) is 0 Å². The topological polar surface area (TPSA) is 58.1 Å². The minimum Gasteiger partial charge on any atom is -0.374 e. The SMILES string of the molecule is CCNc1snnc1CN1CCC(C)CCC1=O. The molecule has 1 fully saturated rings. The molecule has 0 aliphatic carbocycles.